The van der Waals surface area contributed by atoms with Gasteiger partial charge in [0, 0.05) is 12.6 Å². The van der Waals surface area contributed by atoms with E-state index >= 15 is 0 Å². The molecule has 0 bridgehead atoms. The van der Waals surface area contributed by atoms with E-state index in [2.05, 4.69) is 15.6 Å². The summed E-state index contributed by atoms with van der Waals surface area (Å²) in [5.74, 6) is 1.16. The van der Waals surface area contributed by atoms with Gasteiger partial charge in [0.05, 0.1) is 19.4 Å². The van der Waals surface area contributed by atoms with Crippen molar-refractivity contribution in [2.75, 3.05) is 26.2 Å². The van der Waals surface area contributed by atoms with Crippen LogP contribution < -0.4 is 15.4 Å². The van der Waals surface area contributed by atoms with Gasteiger partial charge in [-0.1, -0.05) is 6.07 Å². The summed E-state index contributed by atoms with van der Waals surface area (Å²) in [5.41, 5.74) is -1.19. The molecule has 26 heavy (non-hydrogen) atoms. The van der Waals surface area contributed by atoms with E-state index < -0.39 is 5.60 Å². The molecule has 144 valence electrons. The van der Waals surface area contributed by atoms with Gasteiger partial charge in [-0.25, -0.2) is 9.38 Å². The first kappa shape index (κ1) is 22.2. The Labute approximate surface area is 169 Å². The molecule has 1 unspecified atom stereocenters. The van der Waals surface area contributed by atoms with Gasteiger partial charge in [0.15, 0.2) is 5.96 Å². The molecule has 1 aromatic heterocycles. The van der Waals surface area contributed by atoms with Gasteiger partial charge in [-0.15, -0.1) is 24.0 Å². The number of benzene rings is 1. The number of nitrogens with one attached hydrogen (secondary N) is 2. The number of rotatable bonds is 8. The van der Waals surface area contributed by atoms with Gasteiger partial charge in [0.1, 0.15) is 29.5 Å². The first-order valence-corrected chi connectivity index (χ1v) is 8.18. The molecule has 2 rings (SSSR count). The predicted molar refractivity (Wildman–Crippen MR) is 110 cm³/mol. The molecule has 2 aromatic rings. The number of ether oxygens (including phenoxy) is 1. The minimum absolute atomic E-state index is 0. The molecule has 0 saturated carbocycles. The van der Waals surface area contributed by atoms with E-state index in [9.17, 15) is 9.50 Å². The number of furan rings is 1. The van der Waals surface area contributed by atoms with Crippen molar-refractivity contribution in [2.45, 2.75) is 19.4 Å². The fraction of sp³-hybridized carbons (Fsp3) is 0.389. The number of nitrogens with zero attached hydrogens (tertiary/aromatic N) is 1. The summed E-state index contributed by atoms with van der Waals surface area (Å²) < 4.78 is 23.8. The van der Waals surface area contributed by atoms with Gasteiger partial charge in [0.2, 0.25) is 0 Å². The maximum absolute atomic E-state index is 13.1. The van der Waals surface area contributed by atoms with Gasteiger partial charge in [-0.2, -0.15) is 0 Å². The highest BCUT2D eigenvalue weighted by Crippen LogP contribution is 2.21. The molecular weight excluding hydrogens is 452 g/mol. The lowest BCUT2D eigenvalue weighted by Gasteiger charge is -2.19. The third kappa shape index (κ3) is 7.20. The summed E-state index contributed by atoms with van der Waals surface area (Å²) in [6.07, 6.45) is 1.51. The van der Waals surface area contributed by atoms with E-state index in [0.717, 1.165) is 0 Å². The van der Waals surface area contributed by atoms with E-state index in [4.69, 9.17) is 9.15 Å². The minimum atomic E-state index is -1.19. The van der Waals surface area contributed by atoms with Crippen molar-refractivity contribution in [1.29, 1.82) is 0 Å². The summed E-state index contributed by atoms with van der Waals surface area (Å²) >= 11 is 0. The van der Waals surface area contributed by atoms with E-state index in [0.29, 0.717) is 37.2 Å². The molecule has 0 aliphatic carbocycles. The van der Waals surface area contributed by atoms with Crippen molar-refractivity contribution >= 4 is 29.9 Å². The lowest BCUT2D eigenvalue weighted by molar-refractivity contribution is 0.0437. The Hall–Kier alpha value is -1.81. The molecule has 6 nitrogen and oxygen atoms in total. The fourth-order valence-electron chi connectivity index (χ4n) is 2.13. The van der Waals surface area contributed by atoms with Crippen LogP contribution in [0.4, 0.5) is 4.39 Å². The van der Waals surface area contributed by atoms with Crippen LogP contribution in [0.2, 0.25) is 0 Å². The van der Waals surface area contributed by atoms with Crippen LogP contribution in [0.3, 0.4) is 0 Å². The van der Waals surface area contributed by atoms with Crippen molar-refractivity contribution in [3.05, 3.63) is 54.2 Å². The van der Waals surface area contributed by atoms with Crippen molar-refractivity contribution in [3.63, 3.8) is 0 Å². The van der Waals surface area contributed by atoms with Crippen LogP contribution in [0.1, 0.15) is 19.6 Å². The number of aliphatic hydroxyl groups is 1. The lowest BCUT2D eigenvalue weighted by Crippen LogP contribution is -2.40. The molecule has 0 fully saturated rings. The molecular formula is C18H25FIN3O3. The molecule has 1 heterocycles. The van der Waals surface area contributed by atoms with Crippen molar-refractivity contribution in [1.82, 2.24) is 10.6 Å². The molecule has 0 aliphatic heterocycles. The Morgan fingerprint density at radius 1 is 1.31 bits per heavy atom. The van der Waals surface area contributed by atoms with Crippen LogP contribution in [-0.4, -0.2) is 37.3 Å². The summed E-state index contributed by atoms with van der Waals surface area (Å²) in [7, 11) is 0. The van der Waals surface area contributed by atoms with Gasteiger partial charge in [-0.05, 0) is 38.1 Å². The topological polar surface area (TPSA) is 79.0 Å². The zero-order valence-corrected chi connectivity index (χ0v) is 17.2. The predicted octanol–water partition coefficient (Wildman–Crippen LogP) is 2.88. The van der Waals surface area contributed by atoms with Crippen LogP contribution in [0.15, 0.2) is 52.1 Å². The van der Waals surface area contributed by atoms with E-state index in [-0.39, 0.29) is 36.3 Å². The van der Waals surface area contributed by atoms with Gasteiger partial charge >= 0.3 is 0 Å². The molecule has 8 heteroatoms. The summed E-state index contributed by atoms with van der Waals surface area (Å²) in [6, 6.07) is 9.43. The normalized spacial score (nSPS) is 13.5. The molecule has 0 saturated heterocycles. The minimum Gasteiger partial charge on any atom is -0.492 e. The third-order valence-electron chi connectivity index (χ3n) is 3.40. The summed E-state index contributed by atoms with van der Waals surface area (Å²) in [6.45, 7) is 5.24. The Bertz CT molecular complexity index is 678. The second-order valence-electron chi connectivity index (χ2n) is 5.68. The van der Waals surface area contributed by atoms with Crippen molar-refractivity contribution < 1.29 is 18.7 Å². The molecule has 0 radical (unpaired) electrons. The second kappa shape index (κ2) is 11.0. The average molecular weight is 477 g/mol. The first-order valence-electron chi connectivity index (χ1n) is 8.18. The summed E-state index contributed by atoms with van der Waals surface area (Å²) in [4.78, 5) is 4.37. The number of hydrogen-bond acceptors (Lipinski definition) is 4. The molecule has 0 aliphatic rings. The largest absolute Gasteiger partial charge is 0.492 e. The van der Waals surface area contributed by atoms with Crippen LogP contribution in [0.5, 0.6) is 5.75 Å². The Kier molecular flexibility index (Phi) is 9.42. The molecule has 1 atom stereocenters. The van der Waals surface area contributed by atoms with Gasteiger partial charge in [-0.3, -0.25) is 0 Å². The van der Waals surface area contributed by atoms with E-state index in [1.165, 1.54) is 18.4 Å². The van der Waals surface area contributed by atoms with Crippen LogP contribution in [0.25, 0.3) is 0 Å². The monoisotopic (exact) mass is 477 g/mol. The summed E-state index contributed by atoms with van der Waals surface area (Å²) in [5, 5.41) is 16.6. The highest BCUT2D eigenvalue weighted by Gasteiger charge is 2.25. The zero-order chi connectivity index (χ0) is 18.1. The van der Waals surface area contributed by atoms with E-state index in [1.54, 1.807) is 31.2 Å². The Morgan fingerprint density at radius 2 is 2.12 bits per heavy atom. The number of hydrogen-bond donors (Lipinski definition) is 3. The Balaban J connectivity index is 0.00000338. The van der Waals surface area contributed by atoms with Gasteiger partial charge < -0.3 is 24.9 Å². The SMILES string of the molecule is CCNC(=NCC(C)(O)c1ccco1)NCCOc1cccc(F)c1.I. The zero-order valence-electron chi connectivity index (χ0n) is 14.9. The van der Waals surface area contributed by atoms with Gasteiger partial charge in [0.25, 0.3) is 0 Å². The van der Waals surface area contributed by atoms with Crippen LogP contribution in [0, 0.1) is 5.82 Å². The highest BCUT2D eigenvalue weighted by molar-refractivity contribution is 14.0. The maximum Gasteiger partial charge on any atom is 0.191 e. The second-order valence-corrected chi connectivity index (χ2v) is 5.68. The molecule has 0 amide bonds. The number of guanidine groups is 1. The molecule has 0 spiro atoms. The van der Waals surface area contributed by atoms with E-state index in [1.807, 2.05) is 6.92 Å². The molecule has 1 aromatic carbocycles. The quantitative estimate of drug-likeness (QED) is 0.236. The molecule has 3 N–H and O–H groups in total. The lowest BCUT2D eigenvalue weighted by atomic mass is 10.0. The highest BCUT2D eigenvalue weighted by atomic mass is 127. The van der Waals surface area contributed by atoms with Crippen molar-refractivity contribution in [3.8, 4) is 5.75 Å². The third-order valence-corrected chi connectivity index (χ3v) is 3.40. The maximum atomic E-state index is 13.1. The van der Waals surface area contributed by atoms with Crippen LogP contribution in [-0.2, 0) is 5.60 Å². The van der Waals surface area contributed by atoms with Crippen LogP contribution >= 0.6 is 24.0 Å². The number of halogens is 2. The standard InChI is InChI=1S/C18H24FN3O3.HI/c1-3-20-17(22-13-18(2,23)16-8-5-10-25-16)21-9-11-24-15-7-4-6-14(19)12-15;/h4-8,10,12,23H,3,9,11,13H2,1-2H3,(H2,20,21,22);1H. The fourth-order valence-corrected chi connectivity index (χ4v) is 2.13. The van der Waals surface area contributed by atoms with Crippen molar-refractivity contribution in [2.24, 2.45) is 4.99 Å². The smallest absolute Gasteiger partial charge is 0.191 e. The number of aliphatic imine (C=N–C) groups is 1. The average Bonchev–Trinajstić information content (AvgIpc) is 3.12. The Morgan fingerprint density at radius 3 is 2.77 bits per heavy atom. The first-order chi connectivity index (χ1) is 12.0.